The van der Waals surface area contributed by atoms with Crippen LogP contribution in [0.15, 0.2) is 89.9 Å². The van der Waals surface area contributed by atoms with E-state index in [1.165, 1.54) is 16.7 Å². The summed E-state index contributed by atoms with van der Waals surface area (Å²) in [5.74, 6) is 1.92. The summed E-state index contributed by atoms with van der Waals surface area (Å²) in [6, 6.07) is 27.1. The summed E-state index contributed by atoms with van der Waals surface area (Å²) in [7, 11) is 3.15. The minimum Gasteiger partial charge on any atom is -0.493 e. The number of nitrogens with zero attached hydrogens (tertiary/aromatic N) is 4. The van der Waals surface area contributed by atoms with Crippen LogP contribution >= 0.6 is 0 Å². The maximum Gasteiger partial charge on any atom is 0.256 e. The molecule has 0 bridgehead atoms. The molecule has 0 fully saturated rings. The van der Waals surface area contributed by atoms with E-state index in [4.69, 9.17) is 34.7 Å². The fraction of sp³-hybridized carbons (Fsp3) is 0.279. The third-order valence-electron chi connectivity index (χ3n) is 11.0. The number of rotatable bonds is 8. The zero-order valence-corrected chi connectivity index (χ0v) is 30.7. The molecule has 0 saturated heterocycles. The number of amides is 1. The van der Waals surface area contributed by atoms with Crippen LogP contribution in [0.25, 0.3) is 0 Å². The van der Waals surface area contributed by atoms with Gasteiger partial charge in [0.15, 0.2) is 23.0 Å². The van der Waals surface area contributed by atoms with E-state index in [0.29, 0.717) is 82.2 Å². The van der Waals surface area contributed by atoms with Crippen LogP contribution in [0.3, 0.4) is 0 Å². The molecule has 0 radical (unpaired) electrons. The van der Waals surface area contributed by atoms with Crippen LogP contribution in [0.2, 0.25) is 0 Å². The van der Waals surface area contributed by atoms with Gasteiger partial charge in [0.25, 0.3) is 5.91 Å². The normalized spacial score (nSPS) is 19.6. The number of hydrogen-bond acceptors (Lipinski definition) is 11. The van der Waals surface area contributed by atoms with Crippen LogP contribution in [-0.2, 0) is 39.1 Å². The molecule has 0 spiro atoms. The molecule has 280 valence electrons. The summed E-state index contributed by atoms with van der Waals surface area (Å²) < 4.78 is 24.0. The molecule has 5 aromatic rings. The van der Waals surface area contributed by atoms with Crippen molar-refractivity contribution < 1.29 is 28.8 Å². The fourth-order valence-corrected chi connectivity index (χ4v) is 8.09. The Balaban J connectivity index is 0.886. The van der Waals surface area contributed by atoms with Gasteiger partial charge in [-0.3, -0.25) is 19.7 Å². The molecule has 12 nitrogen and oxygen atoms in total. The van der Waals surface area contributed by atoms with Gasteiger partial charge in [-0.15, -0.1) is 0 Å². The Hall–Kier alpha value is -6.11. The number of aliphatic hydroxyl groups is 1. The van der Waals surface area contributed by atoms with E-state index in [9.17, 15) is 9.90 Å². The largest absolute Gasteiger partial charge is 0.493 e. The highest BCUT2D eigenvalue weighted by molar-refractivity contribution is 6.01. The topological polar surface area (TPSA) is 144 Å². The number of benzene rings is 4. The van der Waals surface area contributed by atoms with E-state index in [-0.39, 0.29) is 31.2 Å². The summed E-state index contributed by atoms with van der Waals surface area (Å²) >= 11 is 0. The van der Waals surface area contributed by atoms with Crippen molar-refractivity contribution >= 4 is 29.2 Å². The van der Waals surface area contributed by atoms with Gasteiger partial charge in [-0.25, -0.2) is 0 Å². The number of methoxy groups -OCH3 is 2. The first-order chi connectivity index (χ1) is 26.8. The fourth-order valence-electron chi connectivity index (χ4n) is 8.09. The highest BCUT2D eigenvalue weighted by Gasteiger charge is 2.36. The van der Waals surface area contributed by atoms with Crippen molar-refractivity contribution in [2.75, 3.05) is 31.8 Å². The number of carbonyl (C=O) groups excluding carboxylic acids is 1. The Morgan fingerprint density at radius 3 is 2.31 bits per heavy atom. The number of anilines is 2. The van der Waals surface area contributed by atoms with Crippen LogP contribution in [0.4, 0.5) is 17.1 Å². The van der Waals surface area contributed by atoms with E-state index in [1.54, 1.807) is 32.4 Å². The van der Waals surface area contributed by atoms with Crippen molar-refractivity contribution in [3.8, 4) is 23.0 Å². The first-order valence-corrected chi connectivity index (χ1v) is 18.5. The van der Waals surface area contributed by atoms with Crippen molar-refractivity contribution in [1.29, 1.82) is 0 Å². The van der Waals surface area contributed by atoms with Gasteiger partial charge in [0.1, 0.15) is 19.4 Å². The molecule has 2 unspecified atom stereocenters. The van der Waals surface area contributed by atoms with Gasteiger partial charge in [0.2, 0.25) is 0 Å². The van der Waals surface area contributed by atoms with Gasteiger partial charge in [-0.05, 0) is 71.5 Å². The number of carbonyl (C=O) groups is 1. The minimum absolute atomic E-state index is 0.0273. The van der Waals surface area contributed by atoms with Crippen molar-refractivity contribution in [3.63, 3.8) is 0 Å². The molecule has 0 saturated carbocycles. The maximum atomic E-state index is 13.8. The predicted octanol–water partition coefficient (Wildman–Crippen LogP) is 5.97. The Kier molecular flexibility index (Phi) is 8.99. The third kappa shape index (κ3) is 6.57. The number of aliphatic hydroxyl groups excluding tert-OH is 1. The van der Waals surface area contributed by atoms with Gasteiger partial charge < -0.3 is 40.0 Å². The first-order valence-electron chi connectivity index (χ1n) is 18.5. The summed E-state index contributed by atoms with van der Waals surface area (Å²) in [6.07, 6.45) is 2.52. The van der Waals surface area contributed by atoms with Gasteiger partial charge in [-0.1, -0.05) is 36.4 Å². The molecule has 4 aliphatic rings. The Morgan fingerprint density at radius 2 is 1.53 bits per heavy atom. The average molecular weight is 739 g/mol. The van der Waals surface area contributed by atoms with Crippen molar-refractivity contribution in [3.05, 3.63) is 130 Å². The van der Waals surface area contributed by atoms with E-state index in [1.807, 2.05) is 58.5 Å². The molecular weight excluding hydrogens is 697 g/mol. The molecule has 4 N–H and O–H groups in total. The number of aliphatic imine (C=N–C) groups is 1. The second kappa shape index (κ2) is 14.3. The van der Waals surface area contributed by atoms with Crippen LogP contribution in [0.1, 0.15) is 55.8 Å². The lowest BCUT2D eigenvalue weighted by Crippen LogP contribution is -2.45. The predicted molar refractivity (Wildman–Crippen MR) is 208 cm³/mol. The Morgan fingerprint density at radius 1 is 0.800 bits per heavy atom. The lowest BCUT2D eigenvalue weighted by atomic mass is 9.93. The monoisotopic (exact) mass is 738 g/mol. The molecule has 5 heterocycles. The summed E-state index contributed by atoms with van der Waals surface area (Å²) in [5.41, 5.74) is 15.5. The average Bonchev–Trinajstić information content (AvgIpc) is 3.42. The minimum atomic E-state index is -0.896. The molecule has 3 atom stereocenters. The summed E-state index contributed by atoms with van der Waals surface area (Å²) in [4.78, 5) is 27.4. The highest BCUT2D eigenvalue weighted by Crippen LogP contribution is 2.43. The van der Waals surface area contributed by atoms with Crippen LogP contribution in [0.5, 0.6) is 23.0 Å². The highest BCUT2D eigenvalue weighted by atomic mass is 16.5. The Labute approximate surface area is 319 Å². The number of nitrogen functional groups attached to an aromatic ring is 1. The molecule has 55 heavy (non-hydrogen) atoms. The van der Waals surface area contributed by atoms with E-state index >= 15 is 0 Å². The molecule has 4 aliphatic heterocycles. The van der Waals surface area contributed by atoms with E-state index in [0.717, 1.165) is 18.4 Å². The SMILES string of the molecule is COc1cc2c(cc1OCc1cccc(COc3cc4c(cc3OC)C(=O)N3Cc5ccccc5C[C@H]3CN4)n1)N=CC1Cc3ccc(N)cc3CN1C2O. The quantitative estimate of drug-likeness (QED) is 0.163. The van der Waals surface area contributed by atoms with Gasteiger partial charge in [0.05, 0.1) is 54.6 Å². The standard InChI is InChI=1S/C43H42N6O6/c1-52-38-15-34-36(45-19-32-13-25-6-3-4-7-27(25)21-48(32)42(34)50)17-40(38)54-23-30-8-5-9-31(47-30)24-55-41-18-37-35(16-39(41)53-2)43(51)49-22-28-12-29(44)11-10-26(28)14-33(49)20-46-37/h3-12,15-18,20,32-33,43,45,51H,13-14,19,21-24,44H2,1-2H3/t32-,33?,43?/m0/s1. The van der Waals surface area contributed by atoms with Crippen LogP contribution in [0, 0.1) is 0 Å². The Bertz CT molecular complexity index is 2330. The van der Waals surface area contributed by atoms with Gasteiger partial charge in [0, 0.05) is 49.2 Å². The third-order valence-corrected chi connectivity index (χ3v) is 11.0. The molecule has 9 rings (SSSR count). The molecule has 12 heteroatoms. The molecule has 0 aliphatic carbocycles. The van der Waals surface area contributed by atoms with E-state index < -0.39 is 6.23 Å². The van der Waals surface area contributed by atoms with Crippen molar-refractivity contribution in [1.82, 2.24) is 14.8 Å². The number of nitrogens with one attached hydrogen (secondary N) is 1. The van der Waals surface area contributed by atoms with Crippen molar-refractivity contribution in [2.24, 2.45) is 4.99 Å². The number of hydrogen-bond donors (Lipinski definition) is 3. The van der Waals surface area contributed by atoms with Crippen LogP contribution < -0.4 is 30.0 Å². The van der Waals surface area contributed by atoms with Gasteiger partial charge >= 0.3 is 0 Å². The number of fused-ring (bicyclic) bond motifs is 6. The molecule has 4 aromatic carbocycles. The number of nitrogens with two attached hydrogens (primary N) is 1. The smallest absolute Gasteiger partial charge is 0.256 e. The number of aromatic nitrogens is 1. The van der Waals surface area contributed by atoms with Gasteiger partial charge in [-0.2, -0.15) is 0 Å². The molecule has 1 amide bonds. The van der Waals surface area contributed by atoms with E-state index in [2.05, 4.69) is 29.6 Å². The summed E-state index contributed by atoms with van der Waals surface area (Å²) in [6.45, 7) is 2.10. The van der Waals surface area contributed by atoms with Crippen molar-refractivity contribution in [2.45, 2.75) is 57.5 Å². The molecular formula is C43H42N6O6. The number of ether oxygens (including phenoxy) is 4. The lowest BCUT2D eigenvalue weighted by Gasteiger charge is -2.37. The zero-order valence-electron chi connectivity index (χ0n) is 30.7. The molecule has 1 aromatic heterocycles. The number of pyridine rings is 1. The lowest BCUT2D eigenvalue weighted by molar-refractivity contribution is -0.0197. The van der Waals surface area contributed by atoms with Crippen LogP contribution in [-0.4, -0.2) is 64.9 Å². The zero-order chi connectivity index (χ0) is 37.6. The second-order valence-electron chi connectivity index (χ2n) is 14.4. The maximum absolute atomic E-state index is 13.8. The second-order valence-corrected chi connectivity index (χ2v) is 14.4. The first kappa shape index (κ1) is 34.6. The summed E-state index contributed by atoms with van der Waals surface area (Å²) in [5, 5.41) is 15.1.